The predicted molar refractivity (Wildman–Crippen MR) is 96.7 cm³/mol. The fourth-order valence-electron chi connectivity index (χ4n) is 3.29. The molecule has 0 aromatic carbocycles. The van der Waals surface area contributed by atoms with E-state index in [-0.39, 0.29) is 17.7 Å². The van der Waals surface area contributed by atoms with E-state index in [1.807, 2.05) is 23.9 Å². The van der Waals surface area contributed by atoms with Crippen LogP contribution in [-0.2, 0) is 9.59 Å². The Bertz CT molecular complexity index is 624. The van der Waals surface area contributed by atoms with Crippen LogP contribution in [0.3, 0.4) is 0 Å². The van der Waals surface area contributed by atoms with Crippen molar-refractivity contribution in [3.63, 3.8) is 0 Å². The fourth-order valence-corrected chi connectivity index (χ4v) is 4.08. The maximum atomic E-state index is 12.7. The SMILES string of the molecule is CN(C)CCN1C[C@H](C(=O)N2CC=C(c3cccs3)CC2)CC1=O. The van der Waals surface area contributed by atoms with Gasteiger partial charge < -0.3 is 14.7 Å². The van der Waals surface area contributed by atoms with Gasteiger partial charge in [-0.15, -0.1) is 11.3 Å². The molecule has 3 heterocycles. The molecule has 1 saturated heterocycles. The van der Waals surface area contributed by atoms with E-state index in [9.17, 15) is 9.59 Å². The third-order valence-corrected chi connectivity index (χ3v) is 5.68. The summed E-state index contributed by atoms with van der Waals surface area (Å²) in [6.45, 7) is 3.53. The van der Waals surface area contributed by atoms with E-state index in [0.29, 0.717) is 26.1 Å². The molecule has 0 saturated carbocycles. The van der Waals surface area contributed by atoms with Gasteiger partial charge in [-0.1, -0.05) is 12.1 Å². The Kier molecular flexibility index (Phi) is 5.36. The van der Waals surface area contributed by atoms with Crippen LogP contribution in [0.25, 0.3) is 5.57 Å². The summed E-state index contributed by atoms with van der Waals surface area (Å²) in [6, 6.07) is 4.19. The number of hydrogen-bond donors (Lipinski definition) is 0. The number of likely N-dealkylation sites (N-methyl/N-ethyl adjacent to an activating group) is 1. The topological polar surface area (TPSA) is 43.9 Å². The fraction of sp³-hybridized carbons (Fsp3) is 0.556. The van der Waals surface area contributed by atoms with Gasteiger partial charge in [0.2, 0.25) is 11.8 Å². The van der Waals surface area contributed by atoms with Gasteiger partial charge in [0, 0.05) is 44.0 Å². The van der Waals surface area contributed by atoms with Gasteiger partial charge >= 0.3 is 0 Å². The Balaban J connectivity index is 1.55. The van der Waals surface area contributed by atoms with E-state index in [1.165, 1.54) is 10.5 Å². The van der Waals surface area contributed by atoms with Gasteiger partial charge in [-0.05, 0) is 37.5 Å². The van der Waals surface area contributed by atoms with E-state index < -0.39 is 0 Å². The van der Waals surface area contributed by atoms with E-state index in [4.69, 9.17) is 0 Å². The quantitative estimate of drug-likeness (QED) is 0.815. The van der Waals surface area contributed by atoms with Gasteiger partial charge in [-0.25, -0.2) is 0 Å². The zero-order valence-electron chi connectivity index (χ0n) is 14.4. The maximum absolute atomic E-state index is 12.7. The first-order valence-electron chi connectivity index (χ1n) is 8.49. The molecule has 24 heavy (non-hydrogen) atoms. The second kappa shape index (κ2) is 7.49. The summed E-state index contributed by atoms with van der Waals surface area (Å²) in [7, 11) is 3.99. The van der Waals surface area contributed by atoms with Crippen molar-refractivity contribution in [1.82, 2.24) is 14.7 Å². The summed E-state index contributed by atoms with van der Waals surface area (Å²) in [5.41, 5.74) is 1.34. The molecule has 0 N–H and O–H groups in total. The van der Waals surface area contributed by atoms with Gasteiger partial charge in [0.05, 0.1) is 5.92 Å². The third kappa shape index (κ3) is 3.87. The molecule has 2 amide bonds. The van der Waals surface area contributed by atoms with E-state index in [2.05, 4.69) is 28.5 Å². The Labute approximate surface area is 147 Å². The molecule has 0 unspecified atom stereocenters. The van der Waals surface area contributed by atoms with Crippen molar-refractivity contribution in [2.45, 2.75) is 12.8 Å². The summed E-state index contributed by atoms with van der Waals surface area (Å²) in [5, 5.41) is 2.08. The number of likely N-dealkylation sites (tertiary alicyclic amines) is 1. The van der Waals surface area contributed by atoms with Crippen LogP contribution < -0.4 is 0 Å². The molecule has 1 fully saturated rings. The van der Waals surface area contributed by atoms with Crippen LogP contribution in [0.4, 0.5) is 0 Å². The summed E-state index contributed by atoms with van der Waals surface area (Å²) in [6.07, 6.45) is 3.43. The van der Waals surface area contributed by atoms with Crippen molar-refractivity contribution in [2.75, 3.05) is 46.8 Å². The molecule has 5 nitrogen and oxygen atoms in total. The molecule has 1 atom stereocenters. The maximum Gasteiger partial charge on any atom is 0.228 e. The zero-order chi connectivity index (χ0) is 17.1. The lowest BCUT2D eigenvalue weighted by atomic mass is 10.0. The monoisotopic (exact) mass is 347 g/mol. The van der Waals surface area contributed by atoms with Crippen LogP contribution in [0.2, 0.25) is 0 Å². The highest BCUT2D eigenvalue weighted by Crippen LogP contribution is 2.28. The van der Waals surface area contributed by atoms with Crippen LogP contribution in [0.1, 0.15) is 17.7 Å². The average molecular weight is 347 g/mol. The second-order valence-corrected chi connectivity index (χ2v) is 7.73. The largest absolute Gasteiger partial charge is 0.341 e. The molecule has 6 heteroatoms. The number of hydrogen-bond acceptors (Lipinski definition) is 4. The molecule has 1 aromatic rings. The van der Waals surface area contributed by atoms with Gasteiger partial charge in [0.25, 0.3) is 0 Å². The Morgan fingerprint density at radius 1 is 1.42 bits per heavy atom. The molecular formula is C18H25N3O2S. The Hall–Kier alpha value is -1.66. The molecule has 3 rings (SSSR count). The average Bonchev–Trinajstić information content (AvgIpc) is 3.22. The summed E-state index contributed by atoms with van der Waals surface area (Å²) in [4.78, 5) is 31.9. The highest BCUT2D eigenvalue weighted by atomic mass is 32.1. The highest BCUT2D eigenvalue weighted by molar-refractivity contribution is 7.11. The highest BCUT2D eigenvalue weighted by Gasteiger charge is 2.36. The standard InChI is InChI=1S/C18H25N3O2S/c1-19(2)9-10-21-13-15(12-17(21)22)18(23)20-7-5-14(6-8-20)16-4-3-11-24-16/h3-5,11,15H,6-10,12-13H2,1-2H3/t15-/m1/s1. The van der Waals surface area contributed by atoms with Gasteiger partial charge in [0.15, 0.2) is 0 Å². The normalized spacial score (nSPS) is 21.5. The van der Waals surface area contributed by atoms with Crippen LogP contribution in [-0.4, -0.2) is 73.3 Å². The van der Waals surface area contributed by atoms with Crippen molar-refractivity contribution in [3.05, 3.63) is 28.5 Å². The third-order valence-electron chi connectivity index (χ3n) is 4.74. The lowest BCUT2D eigenvalue weighted by molar-refractivity contribution is -0.135. The summed E-state index contributed by atoms with van der Waals surface area (Å²) in [5.74, 6) is 0.0792. The lowest BCUT2D eigenvalue weighted by Gasteiger charge is -2.28. The van der Waals surface area contributed by atoms with Crippen LogP contribution in [0.15, 0.2) is 23.6 Å². The minimum atomic E-state index is -0.170. The van der Waals surface area contributed by atoms with Gasteiger partial charge in [0.1, 0.15) is 0 Å². The zero-order valence-corrected chi connectivity index (χ0v) is 15.2. The molecule has 0 bridgehead atoms. The predicted octanol–water partition coefficient (Wildman–Crippen LogP) is 1.77. The second-order valence-electron chi connectivity index (χ2n) is 6.78. The number of carbonyl (C=O) groups excluding carboxylic acids is 2. The first-order valence-corrected chi connectivity index (χ1v) is 9.37. The number of nitrogens with zero attached hydrogens (tertiary/aromatic N) is 3. The number of thiophene rings is 1. The van der Waals surface area contributed by atoms with Crippen LogP contribution in [0, 0.1) is 5.92 Å². The van der Waals surface area contributed by atoms with Crippen molar-refractivity contribution < 1.29 is 9.59 Å². The number of rotatable bonds is 5. The van der Waals surface area contributed by atoms with Gasteiger partial charge in [-0.2, -0.15) is 0 Å². The van der Waals surface area contributed by atoms with E-state index in [1.54, 1.807) is 11.3 Å². The van der Waals surface area contributed by atoms with Crippen LogP contribution >= 0.6 is 11.3 Å². The molecule has 0 spiro atoms. The van der Waals surface area contributed by atoms with Crippen LogP contribution in [0.5, 0.6) is 0 Å². The van der Waals surface area contributed by atoms with Crippen molar-refractivity contribution in [2.24, 2.45) is 5.92 Å². The molecule has 0 aliphatic carbocycles. The molecule has 1 aromatic heterocycles. The Morgan fingerprint density at radius 3 is 2.88 bits per heavy atom. The Morgan fingerprint density at radius 2 is 2.25 bits per heavy atom. The molecule has 0 radical (unpaired) electrons. The molecule has 2 aliphatic rings. The number of amides is 2. The molecule has 2 aliphatic heterocycles. The molecule has 130 valence electrons. The minimum Gasteiger partial charge on any atom is -0.341 e. The minimum absolute atomic E-state index is 0.113. The molecular weight excluding hydrogens is 322 g/mol. The first-order chi connectivity index (χ1) is 11.5. The lowest BCUT2D eigenvalue weighted by Crippen LogP contribution is -2.40. The smallest absolute Gasteiger partial charge is 0.228 e. The summed E-state index contributed by atoms with van der Waals surface area (Å²) < 4.78 is 0. The van der Waals surface area contributed by atoms with E-state index >= 15 is 0 Å². The first kappa shape index (κ1) is 17.2. The van der Waals surface area contributed by atoms with Crippen molar-refractivity contribution in [1.29, 1.82) is 0 Å². The van der Waals surface area contributed by atoms with E-state index in [0.717, 1.165) is 19.5 Å². The summed E-state index contributed by atoms with van der Waals surface area (Å²) >= 11 is 1.75. The van der Waals surface area contributed by atoms with Gasteiger partial charge in [-0.3, -0.25) is 9.59 Å². The van der Waals surface area contributed by atoms with Crippen molar-refractivity contribution >= 4 is 28.7 Å². The number of carbonyl (C=O) groups is 2. The van der Waals surface area contributed by atoms with Crippen molar-refractivity contribution in [3.8, 4) is 0 Å².